The predicted molar refractivity (Wildman–Crippen MR) is 133 cm³/mol. The van der Waals surface area contributed by atoms with Crippen LogP contribution in [0.15, 0.2) is 35.3 Å². The molecule has 0 radical (unpaired) electrons. The molecule has 0 bridgehead atoms. The van der Waals surface area contributed by atoms with Crippen molar-refractivity contribution in [2.75, 3.05) is 20.6 Å². The molecule has 31 heavy (non-hydrogen) atoms. The van der Waals surface area contributed by atoms with Crippen LogP contribution in [0.25, 0.3) is 0 Å². The van der Waals surface area contributed by atoms with E-state index in [1.54, 1.807) is 0 Å². The summed E-state index contributed by atoms with van der Waals surface area (Å²) in [6.45, 7) is 11.4. The van der Waals surface area contributed by atoms with E-state index in [1.165, 1.54) is 48.8 Å². The molecule has 1 unspecified atom stereocenters. The van der Waals surface area contributed by atoms with Crippen molar-refractivity contribution in [1.82, 2.24) is 10.2 Å². The Morgan fingerprint density at radius 2 is 1.94 bits per heavy atom. The smallest absolute Gasteiger partial charge is 0.220 e. The quantitative estimate of drug-likeness (QED) is 0.349. The van der Waals surface area contributed by atoms with Gasteiger partial charge in [0.05, 0.1) is 5.69 Å². The lowest BCUT2D eigenvalue weighted by molar-refractivity contribution is -0.122. The minimum atomic E-state index is 0.140. The minimum absolute atomic E-state index is 0.140. The lowest BCUT2D eigenvalue weighted by Gasteiger charge is -2.32. The number of benzene rings is 1. The SMILES string of the molecule is C=C(CC(NC(=O)CCC(C)=Nc1ccc(CC)cc1C)C1CCCCC1)CN(C)C. The summed E-state index contributed by atoms with van der Waals surface area (Å²) in [5.41, 5.74) is 5.74. The zero-order chi connectivity index (χ0) is 22.8. The Bertz CT molecular complexity index is 760. The molecule has 0 spiro atoms. The highest BCUT2D eigenvalue weighted by Gasteiger charge is 2.25. The van der Waals surface area contributed by atoms with Crippen molar-refractivity contribution in [2.45, 2.75) is 84.6 Å². The van der Waals surface area contributed by atoms with Gasteiger partial charge in [0, 0.05) is 24.7 Å². The van der Waals surface area contributed by atoms with Crippen LogP contribution in [0.3, 0.4) is 0 Å². The summed E-state index contributed by atoms with van der Waals surface area (Å²) in [4.78, 5) is 19.7. The average Bonchev–Trinajstić information content (AvgIpc) is 2.73. The summed E-state index contributed by atoms with van der Waals surface area (Å²) < 4.78 is 0. The third-order valence-electron chi connectivity index (χ3n) is 6.31. The second-order valence-corrected chi connectivity index (χ2v) is 9.59. The number of aryl methyl sites for hydroxylation is 2. The number of amides is 1. The molecule has 1 aromatic rings. The predicted octanol–water partition coefficient (Wildman–Crippen LogP) is 6.00. The Hall–Kier alpha value is -1.94. The molecule has 0 aliphatic heterocycles. The van der Waals surface area contributed by atoms with Crippen LogP contribution in [-0.4, -0.2) is 43.2 Å². The van der Waals surface area contributed by atoms with Gasteiger partial charge in [-0.25, -0.2) is 0 Å². The maximum atomic E-state index is 12.8. The van der Waals surface area contributed by atoms with Gasteiger partial charge in [-0.3, -0.25) is 9.79 Å². The number of nitrogens with zero attached hydrogens (tertiary/aromatic N) is 2. The molecular weight excluding hydrogens is 382 g/mol. The van der Waals surface area contributed by atoms with E-state index in [1.807, 2.05) is 6.92 Å². The first-order chi connectivity index (χ1) is 14.8. The molecule has 1 saturated carbocycles. The van der Waals surface area contributed by atoms with Crippen LogP contribution in [0.1, 0.15) is 76.3 Å². The summed E-state index contributed by atoms with van der Waals surface area (Å²) >= 11 is 0. The van der Waals surface area contributed by atoms with Gasteiger partial charge < -0.3 is 10.2 Å². The number of hydrogen-bond acceptors (Lipinski definition) is 3. The maximum Gasteiger partial charge on any atom is 0.220 e. The first-order valence-corrected chi connectivity index (χ1v) is 12.0. The molecule has 4 heteroatoms. The summed E-state index contributed by atoms with van der Waals surface area (Å²) in [5, 5.41) is 3.36. The van der Waals surface area contributed by atoms with Crippen molar-refractivity contribution in [3.8, 4) is 0 Å². The van der Waals surface area contributed by atoms with E-state index in [0.717, 1.165) is 30.8 Å². The molecule has 0 heterocycles. The molecule has 1 aliphatic rings. The van der Waals surface area contributed by atoms with Gasteiger partial charge in [-0.1, -0.05) is 50.5 Å². The minimum Gasteiger partial charge on any atom is -0.353 e. The number of likely N-dealkylation sites (N-methyl/N-ethyl adjacent to an activating group) is 1. The summed E-state index contributed by atoms with van der Waals surface area (Å²) in [7, 11) is 4.14. The second-order valence-electron chi connectivity index (χ2n) is 9.59. The molecule has 1 amide bonds. The van der Waals surface area contributed by atoms with Gasteiger partial charge in [0.1, 0.15) is 0 Å². The van der Waals surface area contributed by atoms with Gasteiger partial charge in [-0.15, -0.1) is 0 Å². The fraction of sp³-hybridized carbons (Fsp3) is 0.630. The maximum absolute atomic E-state index is 12.8. The monoisotopic (exact) mass is 425 g/mol. The molecule has 4 nitrogen and oxygen atoms in total. The highest BCUT2D eigenvalue weighted by Crippen LogP contribution is 2.29. The third kappa shape index (κ3) is 8.98. The zero-order valence-electron chi connectivity index (χ0n) is 20.5. The largest absolute Gasteiger partial charge is 0.353 e. The van der Waals surface area contributed by atoms with E-state index in [0.29, 0.717) is 18.8 Å². The fourth-order valence-electron chi connectivity index (χ4n) is 4.59. The number of aliphatic imine (C=N–C) groups is 1. The van der Waals surface area contributed by atoms with Gasteiger partial charge >= 0.3 is 0 Å². The van der Waals surface area contributed by atoms with Gasteiger partial charge in [-0.2, -0.15) is 0 Å². The Balaban J connectivity index is 1.93. The highest BCUT2D eigenvalue weighted by atomic mass is 16.1. The molecule has 172 valence electrons. The summed E-state index contributed by atoms with van der Waals surface area (Å²) in [6, 6.07) is 6.64. The lowest BCUT2D eigenvalue weighted by Crippen LogP contribution is -2.42. The van der Waals surface area contributed by atoms with Gasteiger partial charge in [-0.05, 0) is 83.2 Å². The van der Waals surface area contributed by atoms with Crippen LogP contribution in [0.4, 0.5) is 5.69 Å². The molecular formula is C27H43N3O. The molecule has 1 N–H and O–H groups in total. The van der Waals surface area contributed by atoms with Crippen molar-refractivity contribution in [3.05, 3.63) is 41.5 Å². The Kier molecular flexibility index (Phi) is 10.5. The van der Waals surface area contributed by atoms with Gasteiger partial charge in [0.25, 0.3) is 0 Å². The number of carbonyl (C=O) groups excluding carboxylic acids is 1. The van der Waals surface area contributed by atoms with Gasteiger partial charge in [0.2, 0.25) is 5.91 Å². The van der Waals surface area contributed by atoms with E-state index in [2.05, 4.69) is 62.9 Å². The first kappa shape index (κ1) is 25.3. The van der Waals surface area contributed by atoms with E-state index in [9.17, 15) is 4.79 Å². The van der Waals surface area contributed by atoms with Crippen LogP contribution in [0.2, 0.25) is 0 Å². The molecule has 1 atom stereocenters. The standard InChI is InChI=1S/C27H43N3O/c1-7-23-14-15-25(21(3)18-23)28-22(4)13-16-27(31)29-26(17-20(2)19-30(5)6)24-11-9-8-10-12-24/h14-15,18,24,26H,2,7-13,16-17,19H2,1,3-6H3,(H,29,31). The Labute approximate surface area is 190 Å². The van der Waals surface area contributed by atoms with Crippen LogP contribution >= 0.6 is 0 Å². The van der Waals surface area contributed by atoms with Crippen molar-refractivity contribution in [1.29, 1.82) is 0 Å². The van der Waals surface area contributed by atoms with Crippen LogP contribution in [0.5, 0.6) is 0 Å². The van der Waals surface area contributed by atoms with E-state index in [4.69, 9.17) is 4.99 Å². The normalized spacial score (nSPS) is 16.4. The molecule has 1 aliphatic carbocycles. The molecule has 0 aromatic heterocycles. The van der Waals surface area contributed by atoms with Gasteiger partial charge in [0.15, 0.2) is 0 Å². The molecule has 1 aromatic carbocycles. The Morgan fingerprint density at radius 1 is 1.23 bits per heavy atom. The molecule has 0 saturated heterocycles. The van der Waals surface area contributed by atoms with Crippen LogP contribution in [0, 0.1) is 12.8 Å². The number of carbonyl (C=O) groups is 1. The van der Waals surface area contributed by atoms with E-state index < -0.39 is 0 Å². The van der Waals surface area contributed by atoms with E-state index >= 15 is 0 Å². The number of hydrogen-bond donors (Lipinski definition) is 1. The fourth-order valence-corrected chi connectivity index (χ4v) is 4.59. The summed E-state index contributed by atoms with van der Waals surface area (Å²) in [6.07, 6.45) is 9.41. The second kappa shape index (κ2) is 12.8. The molecule has 1 fully saturated rings. The molecule has 2 rings (SSSR count). The summed E-state index contributed by atoms with van der Waals surface area (Å²) in [5.74, 6) is 0.715. The van der Waals surface area contributed by atoms with E-state index in [-0.39, 0.29) is 11.9 Å². The first-order valence-electron chi connectivity index (χ1n) is 12.0. The third-order valence-corrected chi connectivity index (χ3v) is 6.31. The topological polar surface area (TPSA) is 44.7 Å². The Morgan fingerprint density at radius 3 is 2.55 bits per heavy atom. The zero-order valence-corrected chi connectivity index (χ0v) is 20.5. The number of nitrogens with one attached hydrogen (secondary N) is 1. The highest BCUT2D eigenvalue weighted by molar-refractivity contribution is 5.89. The van der Waals surface area contributed by atoms with Crippen molar-refractivity contribution in [3.63, 3.8) is 0 Å². The van der Waals surface area contributed by atoms with Crippen LogP contribution in [-0.2, 0) is 11.2 Å². The van der Waals surface area contributed by atoms with Crippen LogP contribution < -0.4 is 5.32 Å². The lowest BCUT2D eigenvalue weighted by atomic mass is 9.81. The average molecular weight is 426 g/mol. The van der Waals surface area contributed by atoms with Crippen molar-refractivity contribution < 1.29 is 4.79 Å². The van der Waals surface area contributed by atoms with Crippen molar-refractivity contribution >= 4 is 17.3 Å². The number of rotatable bonds is 11. The van der Waals surface area contributed by atoms with Crippen molar-refractivity contribution in [2.24, 2.45) is 10.9 Å².